The second-order valence-electron chi connectivity index (χ2n) is 9.00. The number of para-hydroxylation sites is 1. The predicted molar refractivity (Wildman–Crippen MR) is 131 cm³/mol. The molecule has 1 aromatic heterocycles. The number of benzene rings is 2. The molecule has 0 bridgehead atoms. The lowest BCUT2D eigenvalue weighted by Gasteiger charge is -2.26. The number of nitrogens with one attached hydrogen (secondary N) is 3. The highest BCUT2D eigenvalue weighted by Gasteiger charge is 2.29. The normalized spacial score (nSPS) is 13.0. The van der Waals surface area contributed by atoms with E-state index in [1.807, 2.05) is 30.3 Å². The van der Waals surface area contributed by atoms with Crippen molar-refractivity contribution < 1.29 is 19.1 Å². The number of H-pyrrole nitrogens is 1. The topological polar surface area (TPSA) is 126 Å². The van der Waals surface area contributed by atoms with Crippen LogP contribution >= 0.6 is 0 Å². The number of carbonyl (C=O) groups excluding carboxylic acids is 3. The molecule has 34 heavy (non-hydrogen) atoms. The van der Waals surface area contributed by atoms with Gasteiger partial charge in [-0.05, 0) is 38.0 Å². The third-order valence-corrected chi connectivity index (χ3v) is 5.19. The van der Waals surface area contributed by atoms with Gasteiger partial charge in [-0.15, -0.1) is 0 Å². The van der Waals surface area contributed by atoms with Gasteiger partial charge < -0.3 is 26.1 Å². The van der Waals surface area contributed by atoms with Crippen LogP contribution in [-0.4, -0.2) is 34.5 Å². The van der Waals surface area contributed by atoms with Crippen molar-refractivity contribution in [2.24, 2.45) is 5.73 Å². The van der Waals surface area contributed by atoms with E-state index < -0.39 is 35.6 Å². The van der Waals surface area contributed by atoms with Crippen molar-refractivity contribution in [3.8, 4) is 0 Å². The van der Waals surface area contributed by atoms with Gasteiger partial charge in [0.15, 0.2) is 0 Å². The number of carbonyl (C=O) groups is 3. The van der Waals surface area contributed by atoms with Gasteiger partial charge in [-0.25, -0.2) is 4.79 Å². The van der Waals surface area contributed by atoms with Crippen LogP contribution in [0.3, 0.4) is 0 Å². The summed E-state index contributed by atoms with van der Waals surface area (Å²) in [6, 6.07) is 14.7. The highest BCUT2D eigenvalue weighted by Crippen LogP contribution is 2.22. The lowest BCUT2D eigenvalue weighted by molar-refractivity contribution is -0.123. The zero-order valence-electron chi connectivity index (χ0n) is 19.6. The number of amides is 3. The summed E-state index contributed by atoms with van der Waals surface area (Å²) < 4.78 is 5.37. The maximum absolute atomic E-state index is 13.4. The molecule has 8 heteroatoms. The van der Waals surface area contributed by atoms with Gasteiger partial charge >= 0.3 is 6.09 Å². The molecule has 0 spiro atoms. The lowest BCUT2D eigenvalue weighted by Crippen LogP contribution is -2.50. The molecule has 3 amide bonds. The van der Waals surface area contributed by atoms with Crippen LogP contribution in [0.15, 0.2) is 72.9 Å². The summed E-state index contributed by atoms with van der Waals surface area (Å²) >= 11 is 0. The van der Waals surface area contributed by atoms with Crippen LogP contribution < -0.4 is 16.4 Å². The van der Waals surface area contributed by atoms with Gasteiger partial charge in [-0.1, -0.05) is 55.1 Å². The van der Waals surface area contributed by atoms with Crippen LogP contribution in [0.5, 0.6) is 0 Å². The molecule has 0 radical (unpaired) electrons. The van der Waals surface area contributed by atoms with Crippen LogP contribution in [0.25, 0.3) is 10.9 Å². The van der Waals surface area contributed by atoms with Crippen molar-refractivity contribution in [3.05, 3.63) is 84.1 Å². The smallest absolute Gasteiger partial charge is 0.408 e. The van der Waals surface area contributed by atoms with E-state index in [-0.39, 0.29) is 12.0 Å². The van der Waals surface area contributed by atoms with Crippen LogP contribution in [-0.2, 0) is 20.7 Å². The number of nitrogens with two attached hydrogens (primary N) is 1. The molecule has 178 valence electrons. The molecule has 2 aromatic carbocycles. The molecule has 0 fully saturated rings. The van der Waals surface area contributed by atoms with Gasteiger partial charge in [0.25, 0.3) is 0 Å². The van der Waals surface area contributed by atoms with Gasteiger partial charge in [0, 0.05) is 29.1 Å². The maximum atomic E-state index is 13.4. The minimum absolute atomic E-state index is 0.0302. The van der Waals surface area contributed by atoms with E-state index in [1.54, 1.807) is 51.2 Å². The largest absolute Gasteiger partial charge is 0.444 e. The Bertz CT molecular complexity index is 1190. The standard InChI is InChI=1S/C26H30N4O4/c1-16(23(27)31)22(17-10-6-5-7-11-17)30-24(32)21(29-25(33)34-26(2,3)4)14-18-15-28-20-13-9-8-12-19(18)20/h5-13,15,21-22,28H,1,14H2,2-4H3,(H2,27,31)(H,29,33)(H,30,32)/t21-,22+/m0/s1. The number of hydrogen-bond acceptors (Lipinski definition) is 4. The highest BCUT2D eigenvalue weighted by molar-refractivity contribution is 5.95. The fourth-order valence-corrected chi connectivity index (χ4v) is 3.58. The first-order chi connectivity index (χ1) is 16.0. The molecule has 8 nitrogen and oxygen atoms in total. The van der Waals surface area contributed by atoms with Gasteiger partial charge in [0.2, 0.25) is 11.8 Å². The lowest BCUT2D eigenvalue weighted by atomic mass is 9.98. The number of aromatic nitrogens is 1. The number of ether oxygens (including phenoxy) is 1. The summed E-state index contributed by atoms with van der Waals surface area (Å²) in [4.78, 5) is 41.0. The molecule has 3 aromatic rings. The zero-order valence-corrected chi connectivity index (χ0v) is 19.6. The number of alkyl carbamates (subject to hydrolysis) is 1. The van der Waals surface area contributed by atoms with E-state index >= 15 is 0 Å². The first kappa shape index (κ1) is 24.6. The van der Waals surface area contributed by atoms with Crippen molar-refractivity contribution in [1.29, 1.82) is 0 Å². The number of aromatic amines is 1. The molecule has 0 aliphatic rings. The summed E-state index contributed by atoms with van der Waals surface area (Å²) in [5, 5.41) is 6.43. The minimum atomic E-state index is -0.985. The second kappa shape index (κ2) is 10.2. The van der Waals surface area contributed by atoms with Crippen LogP contribution in [0.1, 0.15) is 37.9 Å². The second-order valence-corrected chi connectivity index (χ2v) is 9.00. The monoisotopic (exact) mass is 462 g/mol. The fraction of sp³-hybridized carbons (Fsp3) is 0.269. The first-order valence-electron chi connectivity index (χ1n) is 10.9. The third-order valence-electron chi connectivity index (χ3n) is 5.19. The van der Waals surface area contributed by atoms with Crippen molar-refractivity contribution >= 4 is 28.8 Å². The summed E-state index contributed by atoms with van der Waals surface area (Å²) in [6.07, 6.45) is 1.27. The summed E-state index contributed by atoms with van der Waals surface area (Å²) in [6.45, 7) is 8.98. The van der Waals surface area contributed by atoms with E-state index in [0.717, 1.165) is 16.5 Å². The molecule has 0 aliphatic carbocycles. The minimum Gasteiger partial charge on any atom is -0.444 e. The Hall–Kier alpha value is -4.07. The number of rotatable bonds is 8. The molecule has 2 atom stereocenters. The van der Waals surface area contributed by atoms with E-state index in [4.69, 9.17) is 10.5 Å². The zero-order chi connectivity index (χ0) is 24.9. The Morgan fingerprint density at radius 1 is 1.03 bits per heavy atom. The molecule has 0 saturated heterocycles. The number of primary amides is 1. The van der Waals surface area contributed by atoms with Gasteiger partial charge in [0.05, 0.1) is 6.04 Å². The van der Waals surface area contributed by atoms with E-state index in [1.165, 1.54) is 0 Å². The van der Waals surface area contributed by atoms with Crippen molar-refractivity contribution in [2.45, 2.75) is 44.9 Å². The molecule has 0 saturated carbocycles. The molecular formula is C26H30N4O4. The van der Waals surface area contributed by atoms with Crippen LogP contribution in [0, 0.1) is 0 Å². The van der Waals surface area contributed by atoms with Gasteiger partial charge in [-0.2, -0.15) is 0 Å². The highest BCUT2D eigenvalue weighted by atomic mass is 16.6. The molecule has 5 N–H and O–H groups in total. The van der Waals surface area contributed by atoms with Crippen molar-refractivity contribution in [1.82, 2.24) is 15.6 Å². The van der Waals surface area contributed by atoms with Gasteiger partial charge in [-0.3, -0.25) is 9.59 Å². The Morgan fingerprint density at radius 2 is 1.68 bits per heavy atom. The van der Waals surface area contributed by atoms with Gasteiger partial charge in [0.1, 0.15) is 11.6 Å². The number of fused-ring (bicyclic) bond motifs is 1. The Kier molecular flexibility index (Phi) is 7.40. The fourth-order valence-electron chi connectivity index (χ4n) is 3.58. The van der Waals surface area contributed by atoms with Crippen molar-refractivity contribution in [3.63, 3.8) is 0 Å². The SMILES string of the molecule is C=C(C(N)=O)[C@@H](NC(=O)[C@H](Cc1c[nH]c2ccccc12)NC(=O)OC(C)(C)C)c1ccccc1. The van der Waals surface area contributed by atoms with Crippen LogP contribution in [0.4, 0.5) is 4.79 Å². The van der Waals surface area contributed by atoms with E-state index in [2.05, 4.69) is 22.2 Å². The Labute approximate surface area is 198 Å². The summed E-state index contributed by atoms with van der Waals surface area (Å²) in [5.41, 5.74) is 7.16. The van der Waals surface area contributed by atoms with Crippen molar-refractivity contribution in [2.75, 3.05) is 0 Å². The number of hydrogen-bond donors (Lipinski definition) is 4. The first-order valence-corrected chi connectivity index (χ1v) is 10.9. The van der Waals surface area contributed by atoms with E-state index in [9.17, 15) is 14.4 Å². The average Bonchev–Trinajstić information content (AvgIpc) is 3.18. The summed E-state index contributed by atoms with van der Waals surface area (Å²) in [7, 11) is 0. The molecule has 1 heterocycles. The summed E-state index contributed by atoms with van der Waals surface area (Å²) in [5.74, 6) is -1.24. The maximum Gasteiger partial charge on any atom is 0.408 e. The molecule has 0 aliphatic heterocycles. The predicted octanol–water partition coefficient (Wildman–Crippen LogP) is 3.50. The quantitative estimate of drug-likeness (QED) is 0.382. The Morgan fingerprint density at radius 3 is 2.32 bits per heavy atom. The molecule has 0 unspecified atom stereocenters. The Balaban J connectivity index is 1.90. The van der Waals surface area contributed by atoms with E-state index in [0.29, 0.717) is 5.56 Å². The molecule has 3 rings (SSSR count). The third kappa shape index (κ3) is 6.25. The van der Waals surface area contributed by atoms with Crippen LogP contribution in [0.2, 0.25) is 0 Å². The molecular weight excluding hydrogens is 432 g/mol. The average molecular weight is 463 g/mol.